The summed E-state index contributed by atoms with van der Waals surface area (Å²) in [7, 11) is 0. The van der Waals surface area contributed by atoms with Crippen LogP contribution in [0.25, 0.3) is 0 Å². The van der Waals surface area contributed by atoms with Crippen molar-refractivity contribution in [2.24, 2.45) is 17.8 Å². The van der Waals surface area contributed by atoms with Crippen LogP contribution in [0.4, 0.5) is 0 Å². The molecule has 1 nitrogen and oxygen atoms in total. The highest BCUT2D eigenvalue weighted by molar-refractivity contribution is 5.28. The van der Waals surface area contributed by atoms with Gasteiger partial charge in [-0.1, -0.05) is 38.3 Å². The Morgan fingerprint density at radius 3 is 2.40 bits per heavy atom. The van der Waals surface area contributed by atoms with Crippen molar-refractivity contribution in [1.29, 1.82) is 0 Å². The molecule has 1 heteroatoms. The van der Waals surface area contributed by atoms with E-state index in [1.807, 2.05) is 12.1 Å². The third kappa shape index (κ3) is 3.02. The standard InChI is InChI=1S/C19H28O/c1-2-3-14-4-5-18-13-17(7-6-16(18)12-14)15-8-10-19(20)11-9-15/h8-11,14,16-18,20H,2-7,12-13H2,1H3. The molecule has 1 aromatic carbocycles. The van der Waals surface area contributed by atoms with Gasteiger partial charge in [-0.15, -0.1) is 0 Å². The quantitative estimate of drug-likeness (QED) is 0.771. The minimum absolute atomic E-state index is 0.391. The smallest absolute Gasteiger partial charge is 0.115 e. The van der Waals surface area contributed by atoms with Gasteiger partial charge < -0.3 is 5.11 Å². The van der Waals surface area contributed by atoms with Crippen LogP contribution in [0.2, 0.25) is 0 Å². The zero-order valence-electron chi connectivity index (χ0n) is 12.7. The molecule has 110 valence electrons. The topological polar surface area (TPSA) is 20.2 Å². The third-order valence-corrected chi connectivity index (χ3v) is 5.78. The molecule has 3 rings (SSSR count). The Morgan fingerprint density at radius 1 is 0.950 bits per heavy atom. The Bertz CT molecular complexity index is 422. The van der Waals surface area contributed by atoms with E-state index in [0.717, 1.165) is 23.7 Å². The molecule has 0 saturated heterocycles. The number of aromatic hydroxyl groups is 1. The Kier molecular flexibility index (Phi) is 4.33. The van der Waals surface area contributed by atoms with Gasteiger partial charge in [0, 0.05) is 0 Å². The first-order valence-corrected chi connectivity index (χ1v) is 8.55. The van der Waals surface area contributed by atoms with Gasteiger partial charge in [-0.2, -0.15) is 0 Å². The van der Waals surface area contributed by atoms with Gasteiger partial charge in [0.15, 0.2) is 0 Å². The summed E-state index contributed by atoms with van der Waals surface area (Å²) in [5.74, 6) is 4.12. The Labute approximate surface area is 123 Å². The van der Waals surface area contributed by atoms with Gasteiger partial charge in [-0.05, 0) is 73.5 Å². The van der Waals surface area contributed by atoms with Crippen LogP contribution in [-0.4, -0.2) is 5.11 Å². The van der Waals surface area contributed by atoms with Crippen molar-refractivity contribution < 1.29 is 5.11 Å². The third-order valence-electron chi connectivity index (χ3n) is 5.78. The molecule has 2 aliphatic rings. The summed E-state index contributed by atoms with van der Waals surface area (Å²) < 4.78 is 0. The van der Waals surface area contributed by atoms with E-state index in [9.17, 15) is 5.11 Å². The molecule has 0 spiro atoms. The molecule has 0 bridgehead atoms. The van der Waals surface area contributed by atoms with Gasteiger partial charge in [-0.3, -0.25) is 0 Å². The number of phenolic OH excluding ortho intramolecular Hbond substituents is 1. The maximum Gasteiger partial charge on any atom is 0.115 e. The largest absolute Gasteiger partial charge is 0.508 e. The molecule has 0 aromatic heterocycles. The van der Waals surface area contributed by atoms with Crippen molar-refractivity contribution in [2.75, 3.05) is 0 Å². The van der Waals surface area contributed by atoms with Crippen LogP contribution in [-0.2, 0) is 0 Å². The lowest BCUT2D eigenvalue weighted by Gasteiger charge is -2.42. The Balaban J connectivity index is 1.61. The Hall–Kier alpha value is -0.980. The van der Waals surface area contributed by atoms with Gasteiger partial charge >= 0.3 is 0 Å². The summed E-state index contributed by atoms with van der Waals surface area (Å²) in [6.07, 6.45) is 11.4. The van der Waals surface area contributed by atoms with E-state index in [1.165, 1.54) is 56.9 Å². The van der Waals surface area contributed by atoms with Crippen molar-refractivity contribution in [2.45, 2.75) is 64.2 Å². The fourth-order valence-electron chi connectivity index (χ4n) is 4.71. The minimum Gasteiger partial charge on any atom is -0.508 e. The van der Waals surface area contributed by atoms with Crippen LogP contribution in [0, 0.1) is 17.8 Å². The van der Waals surface area contributed by atoms with E-state index in [2.05, 4.69) is 19.1 Å². The van der Waals surface area contributed by atoms with E-state index in [4.69, 9.17) is 0 Å². The molecule has 2 fully saturated rings. The van der Waals surface area contributed by atoms with E-state index in [1.54, 1.807) is 0 Å². The number of phenols is 1. The molecule has 1 N–H and O–H groups in total. The van der Waals surface area contributed by atoms with Crippen molar-refractivity contribution in [1.82, 2.24) is 0 Å². The van der Waals surface area contributed by atoms with E-state index in [-0.39, 0.29) is 0 Å². The monoisotopic (exact) mass is 272 g/mol. The zero-order valence-corrected chi connectivity index (χ0v) is 12.7. The lowest BCUT2D eigenvalue weighted by Crippen LogP contribution is -2.30. The molecular weight excluding hydrogens is 244 g/mol. The molecule has 4 atom stereocenters. The van der Waals surface area contributed by atoms with Gasteiger partial charge in [0.2, 0.25) is 0 Å². The maximum atomic E-state index is 9.42. The second kappa shape index (κ2) is 6.20. The van der Waals surface area contributed by atoms with Gasteiger partial charge in [0.25, 0.3) is 0 Å². The predicted molar refractivity (Wildman–Crippen MR) is 83.9 cm³/mol. The number of fused-ring (bicyclic) bond motifs is 1. The predicted octanol–water partition coefficient (Wildman–Crippen LogP) is 5.49. The average molecular weight is 272 g/mol. The van der Waals surface area contributed by atoms with E-state index in [0.29, 0.717) is 5.75 Å². The molecule has 0 amide bonds. The van der Waals surface area contributed by atoms with Crippen LogP contribution in [0.3, 0.4) is 0 Å². The first-order valence-electron chi connectivity index (χ1n) is 8.55. The average Bonchev–Trinajstić information content (AvgIpc) is 2.48. The zero-order chi connectivity index (χ0) is 13.9. The number of rotatable bonds is 3. The SMILES string of the molecule is CCCC1CCC2CC(c3ccc(O)cc3)CCC2C1. The highest BCUT2D eigenvalue weighted by Gasteiger charge is 2.35. The first-order chi connectivity index (χ1) is 9.76. The van der Waals surface area contributed by atoms with Crippen LogP contribution in [0.5, 0.6) is 5.75 Å². The minimum atomic E-state index is 0.391. The summed E-state index contributed by atoms with van der Waals surface area (Å²) in [6.45, 7) is 2.33. The fraction of sp³-hybridized carbons (Fsp3) is 0.684. The Morgan fingerprint density at radius 2 is 1.65 bits per heavy atom. The number of hydrogen-bond acceptors (Lipinski definition) is 1. The van der Waals surface area contributed by atoms with E-state index >= 15 is 0 Å². The lowest BCUT2D eigenvalue weighted by atomic mass is 9.63. The van der Waals surface area contributed by atoms with Crippen LogP contribution in [0.15, 0.2) is 24.3 Å². The van der Waals surface area contributed by atoms with Gasteiger partial charge in [-0.25, -0.2) is 0 Å². The van der Waals surface area contributed by atoms with Crippen LogP contribution < -0.4 is 0 Å². The lowest BCUT2D eigenvalue weighted by molar-refractivity contribution is 0.114. The molecular formula is C19H28O. The summed E-state index contributed by atoms with van der Waals surface area (Å²) in [6, 6.07) is 7.95. The second-order valence-electron chi connectivity index (χ2n) is 7.09. The van der Waals surface area contributed by atoms with Crippen molar-refractivity contribution in [3.05, 3.63) is 29.8 Å². The summed E-state index contributed by atoms with van der Waals surface area (Å²) in [5.41, 5.74) is 1.44. The van der Waals surface area contributed by atoms with Crippen molar-refractivity contribution >= 4 is 0 Å². The first kappa shape index (κ1) is 14.0. The van der Waals surface area contributed by atoms with Crippen LogP contribution >= 0.6 is 0 Å². The van der Waals surface area contributed by atoms with Gasteiger partial charge in [0.05, 0.1) is 0 Å². The molecule has 0 aliphatic heterocycles. The van der Waals surface area contributed by atoms with Gasteiger partial charge in [0.1, 0.15) is 5.75 Å². The molecule has 0 heterocycles. The highest BCUT2D eigenvalue weighted by atomic mass is 16.3. The molecule has 2 saturated carbocycles. The summed E-state index contributed by atoms with van der Waals surface area (Å²) in [4.78, 5) is 0. The molecule has 2 aliphatic carbocycles. The second-order valence-corrected chi connectivity index (χ2v) is 7.09. The highest BCUT2D eigenvalue weighted by Crippen LogP contribution is 2.48. The fourth-order valence-corrected chi connectivity index (χ4v) is 4.71. The molecule has 4 unspecified atom stereocenters. The number of hydrogen-bond donors (Lipinski definition) is 1. The maximum absolute atomic E-state index is 9.42. The van der Waals surface area contributed by atoms with Crippen molar-refractivity contribution in [3.8, 4) is 5.75 Å². The normalized spacial score (nSPS) is 33.6. The van der Waals surface area contributed by atoms with Crippen molar-refractivity contribution in [3.63, 3.8) is 0 Å². The molecule has 0 radical (unpaired) electrons. The summed E-state index contributed by atoms with van der Waals surface area (Å²) in [5, 5.41) is 9.42. The summed E-state index contributed by atoms with van der Waals surface area (Å²) >= 11 is 0. The van der Waals surface area contributed by atoms with Crippen LogP contribution in [0.1, 0.15) is 69.8 Å². The molecule has 1 aromatic rings. The van der Waals surface area contributed by atoms with E-state index < -0.39 is 0 Å². The molecule has 20 heavy (non-hydrogen) atoms. The number of benzene rings is 1.